The Labute approximate surface area is 86.7 Å². The first-order chi connectivity index (χ1) is 6.74. The van der Waals surface area contributed by atoms with Gasteiger partial charge in [-0.25, -0.2) is 0 Å². The van der Waals surface area contributed by atoms with Crippen molar-refractivity contribution in [3.63, 3.8) is 0 Å². The molecule has 0 N–H and O–H groups in total. The zero-order chi connectivity index (χ0) is 10.4. The highest BCUT2D eigenvalue weighted by molar-refractivity contribution is 5.25. The highest BCUT2D eigenvalue weighted by Gasteiger charge is 2.01. The minimum atomic E-state index is 0.822. The maximum absolute atomic E-state index is 5.22. The summed E-state index contributed by atoms with van der Waals surface area (Å²) in [6, 6.07) is 8.46. The summed E-state index contributed by atoms with van der Waals surface area (Å²) in [5.74, 6) is 2.66. The SMILES string of the molecule is C#CCCN(C)Cc1ccccc1C. The molecule has 0 saturated heterocycles. The van der Waals surface area contributed by atoms with Crippen LogP contribution in [0, 0.1) is 19.3 Å². The molecule has 0 bridgehead atoms. The fourth-order valence-electron chi connectivity index (χ4n) is 1.41. The molecule has 1 aromatic carbocycles. The van der Waals surface area contributed by atoms with Crippen LogP contribution < -0.4 is 0 Å². The Morgan fingerprint density at radius 1 is 1.36 bits per heavy atom. The molecule has 0 aliphatic carbocycles. The normalized spacial score (nSPS) is 10.1. The average molecular weight is 187 g/mol. The number of aryl methyl sites for hydroxylation is 1. The van der Waals surface area contributed by atoms with E-state index < -0.39 is 0 Å². The first-order valence-electron chi connectivity index (χ1n) is 4.90. The van der Waals surface area contributed by atoms with E-state index in [0.717, 1.165) is 19.5 Å². The Bertz CT molecular complexity index is 322. The molecule has 0 heterocycles. The van der Waals surface area contributed by atoms with Gasteiger partial charge in [0.2, 0.25) is 0 Å². The Hall–Kier alpha value is -1.26. The minimum Gasteiger partial charge on any atom is -0.301 e. The molecule has 74 valence electrons. The van der Waals surface area contributed by atoms with Crippen molar-refractivity contribution in [2.45, 2.75) is 19.9 Å². The molecular weight excluding hydrogens is 170 g/mol. The molecule has 0 saturated carbocycles. The van der Waals surface area contributed by atoms with Gasteiger partial charge in [-0.3, -0.25) is 0 Å². The fourth-order valence-corrected chi connectivity index (χ4v) is 1.41. The molecule has 1 rings (SSSR count). The standard InChI is InChI=1S/C13H17N/c1-4-5-10-14(3)11-13-9-7-6-8-12(13)2/h1,6-9H,5,10-11H2,2-3H3. The number of nitrogens with zero attached hydrogens (tertiary/aromatic N) is 1. The van der Waals surface area contributed by atoms with Crippen molar-refractivity contribution < 1.29 is 0 Å². The zero-order valence-electron chi connectivity index (χ0n) is 8.96. The van der Waals surface area contributed by atoms with E-state index in [1.807, 2.05) is 0 Å². The lowest BCUT2D eigenvalue weighted by molar-refractivity contribution is 0.335. The number of hydrogen-bond acceptors (Lipinski definition) is 1. The summed E-state index contributed by atoms with van der Waals surface area (Å²) in [5.41, 5.74) is 2.73. The van der Waals surface area contributed by atoms with Gasteiger partial charge in [0.1, 0.15) is 0 Å². The molecule has 14 heavy (non-hydrogen) atoms. The zero-order valence-corrected chi connectivity index (χ0v) is 8.96. The lowest BCUT2D eigenvalue weighted by Crippen LogP contribution is -2.19. The van der Waals surface area contributed by atoms with E-state index in [-0.39, 0.29) is 0 Å². The smallest absolute Gasteiger partial charge is 0.0233 e. The molecule has 0 aromatic heterocycles. The molecule has 0 amide bonds. The van der Waals surface area contributed by atoms with Crippen molar-refractivity contribution in [2.24, 2.45) is 0 Å². The van der Waals surface area contributed by atoms with Crippen LogP contribution in [0.15, 0.2) is 24.3 Å². The Kier molecular flexibility index (Phi) is 4.22. The van der Waals surface area contributed by atoms with Gasteiger partial charge in [0, 0.05) is 19.5 Å². The van der Waals surface area contributed by atoms with Gasteiger partial charge in [0.05, 0.1) is 0 Å². The van der Waals surface area contributed by atoms with E-state index in [1.54, 1.807) is 0 Å². The Balaban J connectivity index is 2.52. The third kappa shape index (κ3) is 3.24. The summed E-state index contributed by atoms with van der Waals surface area (Å²) >= 11 is 0. The van der Waals surface area contributed by atoms with Gasteiger partial charge < -0.3 is 4.90 Å². The second kappa shape index (κ2) is 5.47. The molecule has 0 aliphatic rings. The lowest BCUT2D eigenvalue weighted by atomic mass is 10.1. The van der Waals surface area contributed by atoms with Crippen LogP contribution in [0.3, 0.4) is 0 Å². The van der Waals surface area contributed by atoms with Crippen LogP contribution in [0.4, 0.5) is 0 Å². The highest BCUT2D eigenvalue weighted by atomic mass is 15.1. The lowest BCUT2D eigenvalue weighted by Gasteiger charge is -2.16. The molecule has 0 spiro atoms. The monoisotopic (exact) mass is 187 g/mol. The quantitative estimate of drug-likeness (QED) is 0.654. The van der Waals surface area contributed by atoms with Crippen LogP contribution >= 0.6 is 0 Å². The van der Waals surface area contributed by atoms with Gasteiger partial charge >= 0.3 is 0 Å². The summed E-state index contributed by atoms with van der Waals surface area (Å²) < 4.78 is 0. The Morgan fingerprint density at radius 3 is 2.71 bits per heavy atom. The third-order valence-electron chi connectivity index (χ3n) is 2.34. The van der Waals surface area contributed by atoms with Gasteiger partial charge in [0.15, 0.2) is 0 Å². The van der Waals surface area contributed by atoms with E-state index in [9.17, 15) is 0 Å². The van der Waals surface area contributed by atoms with Crippen molar-refractivity contribution in [3.8, 4) is 12.3 Å². The molecule has 0 radical (unpaired) electrons. The van der Waals surface area contributed by atoms with Gasteiger partial charge in [-0.05, 0) is 25.1 Å². The molecule has 0 unspecified atom stereocenters. The topological polar surface area (TPSA) is 3.24 Å². The van der Waals surface area contributed by atoms with E-state index in [2.05, 4.69) is 49.1 Å². The number of terminal acetylenes is 1. The number of hydrogen-bond donors (Lipinski definition) is 0. The van der Waals surface area contributed by atoms with Crippen LogP contribution in [-0.2, 0) is 6.54 Å². The third-order valence-corrected chi connectivity index (χ3v) is 2.34. The largest absolute Gasteiger partial charge is 0.301 e. The van der Waals surface area contributed by atoms with Gasteiger partial charge in [-0.2, -0.15) is 0 Å². The van der Waals surface area contributed by atoms with E-state index in [4.69, 9.17) is 6.42 Å². The molecule has 0 atom stereocenters. The van der Waals surface area contributed by atoms with Crippen LogP contribution in [-0.4, -0.2) is 18.5 Å². The summed E-state index contributed by atoms with van der Waals surface area (Å²) in [6.07, 6.45) is 6.05. The second-order valence-corrected chi connectivity index (χ2v) is 3.62. The summed E-state index contributed by atoms with van der Waals surface area (Å²) in [7, 11) is 2.10. The second-order valence-electron chi connectivity index (χ2n) is 3.62. The predicted molar refractivity (Wildman–Crippen MR) is 61.0 cm³/mol. The van der Waals surface area contributed by atoms with Gasteiger partial charge in [-0.15, -0.1) is 12.3 Å². The van der Waals surface area contributed by atoms with Crippen molar-refractivity contribution in [3.05, 3.63) is 35.4 Å². The summed E-state index contributed by atoms with van der Waals surface area (Å²) in [5, 5.41) is 0. The van der Waals surface area contributed by atoms with Crippen molar-refractivity contribution in [1.82, 2.24) is 4.90 Å². The summed E-state index contributed by atoms with van der Waals surface area (Å²) in [4.78, 5) is 2.25. The fraction of sp³-hybridized carbons (Fsp3) is 0.385. The molecule has 1 aromatic rings. The molecule has 1 heteroatoms. The average Bonchev–Trinajstić information content (AvgIpc) is 2.18. The van der Waals surface area contributed by atoms with E-state index in [0.29, 0.717) is 0 Å². The predicted octanol–water partition coefficient (Wildman–Crippen LogP) is 2.45. The van der Waals surface area contributed by atoms with E-state index in [1.165, 1.54) is 11.1 Å². The minimum absolute atomic E-state index is 0.822. The molecule has 1 nitrogen and oxygen atoms in total. The Morgan fingerprint density at radius 2 is 2.07 bits per heavy atom. The van der Waals surface area contributed by atoms with Gasteiger partial charge in [-0.1, -0.05) is 24.3 Å². The van der Waals surface area contributed by atoms with Crippen LogP contribution in [0.5, 0.6) is 0 Å². The van der Waals surface area contributed by atoms with Gasteiger partial charge in [0.25, 0.3) is 0 Å². The summed E-state index contributed by atoms with van der Waals surface area (Å²) in [6.45, 7) is 4.09. The van der Waals surface area contributed by atoms with Crippen LogP contribution in [0.25, 0.3) is 0 Å². The van der Waals surface area contributed by atoms with Crippen molar-refractivity contribution >= 4 is 0 Å². The van der Waals surface area contributed by atoms with Crippen molar-refractivity contribution in [2.75, 3.05) is 13.6 Å². The number of benzene rings is 1. The molecule has 0 fully saturated rings. The van der Waals surface area contributed by atoms with Crippen LogP contribution in [0.1, 0.15) is 17.5 Å². The first kappa shape index (κ1) is 10.8. The van der Waals surface area contributed by atoms with Crippen molar-refractivity contribution in [1.29, 1.82) is 0 Å². The number of rotatable bonds is 4. The maximum Gasteiger partial charge on any atom is 0.0233 e. The van der Waals surface area contributed by atoms with E-state index >= 15 is 0 Å². The molecule has 0 aliphatic heterocycles. The maximum atomic E-state index is 5.22. The molecular formula is C13H17N. The van der Waals surface area contributed by atoms with Crippen LogP contribution in [0.2, 0.25) is 0 Å². The highest BCUT2D eigenvalue weighted by Crippen LogP contribution is 2.09. The first-order valence-corrected chi connectivity index (χ1v) is 4.90.